The number of alkyl halides is 4. The van der Waals surface area contributed by atoms with Crippen molar-refractivity contribution in [1.82, 2.24) is 15.1 Å². The molecule has 2 aromatic rings. The summed E-state index contributed by atoms with van der Waals surface area (Å²) >= 11 is 0. The lowest BCUT2D eigenvalue weighted by molar-refractivity contribution is -0.122. The topological polar surface area (TPSA) is 73.2 Å². The fourth-order valence-corrected chi connectivity index (χ4v) is 1.91. The van der Waals surface area contributed by atoms with Crippen molar-refractivity contribution in [3.63, 3.8) is 0 Å². The van der Waals surface area contributed by atoms with Gasteiger partial charge in [0.2, 0.25) is 5.91 Å². The quantitative estimate of drug-likeness (QED) is 0.767. The lowest BCUT2D eigenvalue weighted by atomic mass is 10.1. The first-order valence-electron chi connectivity index (χ1n) is 7.03. The minimum absolute atomic E-state index is 0.0431. The minimum Gasteiger partial charge on any atom is -0.435 e. The van der Waals surface area contributed by atoms with Crippen LogP contribution in [0.4, 0.5) is 17.6 Å². The number of nitrogens with zero attached hydrogens (tertiary/aromatic N) is 2. The first kappa shape index (κ1) is 18.4. The van der Waals surface area contributed by atoms with Gasteiger partial charge in [0, 0.05) is 11.6 Å². The van der Waals surface area contributed by atoms with Crippen LogP contribution in [0.3, 0.4) is 0 Å². The third-order valence-electron chi connectivity index (χ3n) is 2.99. The summed E-state index contributed by atoms with van der Waals surface area (Å²) in [6.45, 7) is -4.29. The number of aromatic nitrogens is 2. The molecule has 0 aliphatic carbocycles. The third kappa shape index (κ3) is 5.59. The Hall–Kier alpha value is -2.91. The molecule has 0 bridgehead atoms. The Morgan fingerprint density at radius 3 is 2.40 bits per heavy atom. The maximum Gasteiger partial charge on any atom is 0.387 e. The van der Waals surface area contributed by atoms with Crippen LogP contribution in [0.5, 0.6) is 5.75 Å². The molecule has 1 amide bonds. The van der Waals surface area contributed by atoms with Crippen molar-refractivity contribution >= 4 is 5.91 Å². The molecule has 0 spiro atoms. The van der Waals surface area contributed by atoms with Crippen LogP contribution in [0.2, 0.25) is 0 Å². The minimum atomic E-state index is -2.95. The summed E-state index contributed by atoms with van der Waals surface area (Å²) in [4.78, 5) is 23.3. The normalized spacial score (nSPS) is 11.0. The number of rotatable bonds is 7. The maximum absolute atomic E-state index is 12.1. The third-order valence-corrected chi connectivity index (χ3v) is 2.99. The molecule has 1 heterocycles. The van der Waals surface area contributed by atoms with Crippen LogP contribution < -0.4 is 15.6 Å². The fraction of sp³-hybridized carbons (Fsp3) is 0.267. The van der Waals surface area contributed by atoms with E-state index in [1.165, 1.54) is 30.3 Å². The monoisotopic (exact) mass is 359 g/mol. The number of halogens is 4. The second-order valence-corrected chi connectivity index (χ2v) is 4.81. The van der Waals surface area contributed by atoms with Gasteiger partial charge in [-0.1, -0.05) is 0 Å². The molecule has 1 N–H and O–H groups in total. The second-order valence-electron chi connectivity index (χ2n) is 4.81. The van der Waals surface area contributed by atoms with Crippen molar-refractivity contribution in [2.75, 3.05) is 6.54 Å². The van der Waals surface area contributed by atoms with Crippen molar-refractivity contribution in [1.29, 1.82) is 0 Å². The number of nitrogens with one attached hydrogen (secondary N) is 1. The van der Waals surface area contributed by atoms with Crippen LogP contribution in [0, 0.1) is 0 Å². The zero-order valence-corrected chi connectivity index (χ0v) is 12.7. The lowest BCUT2D eigenvalue weighted by Gasteiger charge is -2.09. The van der Waals surface area contributed by atoms with Crippen molar-refractivity contribution in [2.24, 2.45) is 0 Å². The molecule has 0 saturated heterocycles. The molecule has 0 radical (unpaired) electrons. The molecule has 0 saturated carbocycles. The van der Waals surface area contributed by atoms with Crippen LogP contribution in [0.25, 0.3) is 11.3 Å². The van der Waals surface area contributed by atoms with Crippen LogP contribution in [-0.2, 0) is 11.3 Å². The molecule has 1 aromatic heterocycles. The van der Waals surface area contributed by atoms with Gasteiger partial charge in [0.25, 0.3) is 12.0 Å². The number of carbonyl (C=O) groups is 1. The zero-order chi connectivity index (χ0) is 18.4. The molecule has 0 unspecified atom stereocenters. The van der Waals surface area contributed by atoms with Gasteiger partial charge in [-0.3, -0.25) is 9.59 Å². The molecule has 0 aliphatic heterocycles. The van der Waals surface area contributed by atoms with Gasteiger partial charge in [-0.15, -0.1) is 0 Å². The zero-order valence-electron chi connectivity index (χ0n) is 12.7. The van der Waals surface area contributed by atoms with Crippen molar-refractivity contribution in [3.05, 3.63) is 46.8 Å². The summed E-state index contributed by atoms with van der Waals surface area (Å²) in [5, 5.41) is 5.93. The Kier molecular flexibility index (Phi) is 6.09. The Bertz CT molecular complexity index is 778. The smallest absolute Gasteiger partial charge is 0.387 e. The van der Waals surface area contributed by atoms with Gasteiger partial charge in [-0.05, 0) is 30.3 Å². The van der Waals surface area contributed by atoms with E-state index in [2.05, 4.69) is 9.84 Å². The number of hydrogen-bond acceptors (Lipinski definition) is 4. The van der Waals surface area contributed by atoms with E-state index < -0.39 is 37.6 Å². The predicted octanol–water partition coefficient (Wildman–Crippen LogP) is 1.89. The Labute approximate surface area is 139 Å². The molecule has 6 nitrogen and oxygen atoms in total. The van der Waals surface area contributed by atoms with E-state index in [9.17, 15) is 27.2 Å². The fourth-order valence-electron chi connectivity index (χ4n) is 1.91. The summed E-state index contributed by atoms with van der Waals surface area (Å²) < 4.78 is 53.4. The predicted molar refractivity (Wildman–Crippen MR) is 79.6 cm³/mol. The summed E-state index contributed by atoms with van der Waals surface area (Å²) in [6.07, 6.45) is -2.70. The van der Waals surface area contributed by atoms with E-state index in [0.717, 1.165) is 10.7 Å². The summed E-state index contributed by atoms with van der Waals surface area (Å²) in [7, 11) is 0. The Balaban J connectivity index is 2.15. The van der Waals surface area contributed by atoms with Gasteiger partial charge in [0.1, 0.15) is 12.3 Å². The van der Waals surface area contributed by atoms with E-state index in [1.807, 2.05) is 5.32 Å². The van der Waals surface area contributed by atoms with E-state index in [1.54, 1.807) is 0 Å². The second kappa shape index (κ2) is 8.27. The Morgan fingerprint density at radius 1 is 1.12 bits per heavy atom. The standard InChI is InChI=1S/C15H13F4N3O3/c16-12(17)7-20-13(23)8-22-14(24)6-5-11(21-22)9-1-3-10(4-2-9)25-15(18)19/h1-6,12,15H,7-8H2,(H,20,23). The largest absolute Gasteiger partial charge is 0.435 e. The molecule has 25 heavy (non-hydrogen) atoms. The van der Waals surface area contributed by atoms with E-state index in [4.69, 9.17) is 0 Å². The van der Waals surface area contributed by atoms with Gasteiger partial charge in [-0.2, -0.15) is 13.9 Å². The molecule has 0 fully saturated rings. The van der Waals surface area contributed by atoms with Crippen molar-refractivity contribution in [3.8, 4) is 17.0 Å². The first-order valence-corrected chi connectivity index (χ1v) is 7.03. The number of amides is 1. The van der Waals surface area contributed by atoms with Gasteiger partial charge >= 0.3 is 6.61 Å². The molecule has 2 rings (SSSR count). The van der Waals surface area contributed by atoms with Crippen LogP contribution >= 0.6 is 0 Å². The number of ether oxygens (including phenoxy) is 1. The maximum atomic E-state index is 12.1. The summed E-state index contributed by atoms with van der Waals surface area (Å²) in [6, 6.07) is 8.05. The SMILES string of the molecule is O=C(Cn1nc(-c2ccc(OC(F)F)cc2)ccc1=O)NCC(F)F. The van der Waals surface area contributed by atoms with Gasteiger partial charge in [-0.25, -0.2) is 13.5 Å². The number of hydrogen-bond donors (Lipinski definition) is 1. The average Bonchev–Trinajstić information content (AvgIpc) is 2.55. The number of carbonyl (C=O) groups excluding carboxylic acids is 1. The van der Waals surface area contributed by atoms with Crippen LogP contribution in [-0.4, -0.2) is 35.3 Å². The number of benzene rings is 1. The Morgan fingerprint density at radius 2 is 1.80 bits per heavy atom. The molecule has 0 aliphatic rings. The molecule has 0 atom stereocenters. The average molecular weight is 359 g/mol. The van der Waals surface area contributed by atoms with E-state index in [-0.39, 0.29) is 5.75 Å². The van der Waals surface area contributed by atoms with E-state index in [0.29, 0.717) is 11.3 Å². The highest BCUT2D eigenvalue weighted by atomic mass is 19.3. The van der Waals surface area contributed by atoms with Crippen LogP contribution in [0.1, 0.15) is 0 Å². The highest BCUT2D eigenvalue weighted by molar-refractivity contribution is 5.75. The summed E-state index contributed by atoms with van der Waals surface area (Å²) in [5.41, 5.74) is 0.196. The van der Waals surface area contributed by atoms with Gasteiger partial charge < -0.3 is 10.1 Å². The highest BCUT2D eigenvalue weighted by Gasteiger charge is 2.10. The molecule has 134 valence electrons. The van der Waals surface area contributed by atoms with Gasteiger partial charge in [0.15, 0.2) is 0 Å². The van der Waals surface area contributed by atoms with E-state index >= 15 is 0 Å². The first-order chi connectivity index (χ1) is 11.8. The molecule has 10 heteroatoms. The summed E-state index contributed by atoms with van der Waals surface area (Å²) in [5.74, 6) is -0.828. The van der Waals surface area contributed by atoms with Gasteiger partial charge in [0.05, 0.1) is 12.2 Å². The molecular formula is C15H13F4N3O3. The van der Waals surface area contributed by atoms with Crippen LogP contribution in [0.15, 0.2) is 41.2 Å². The molecular weight excluding hydrogens is 346 g/mol. The lowest BCUT2D eigenvalue weighted by Crippen LogP contribution is -2.35. The van der Waals surface area contributed by atoms with Crippen molar-refractivity contribution in [2.45, 2.75) is 19.6 Å². The van der Waals surface area contributed by atoms with Crippen molar-refractivity contribution < 1.29 is 27.1 Å². The highest BCUT2D eigenvalue weighted by Crippen LogP contribution is 2.21. The molecule has 1 aromatic carbocycles.